The van der Waals surface area contributed by atoms with Gasteiger partial charge in [-0.05, 0) is 12.5 Å². The Balaban J connectivity index is 2.63. The predicted octanol–water partition coefficient (Wildman–Crippen LogP) is 2.26. The van der Waals surface area contributed by atoms with Crippen LogP contribution in [0.4, 0.5) is 0 Å². The van der Waals surface area contributed by atoms with Gasteiger partial charge in [0.2, 0.25) is 0 Å². The van der Waals surface area contributed by atoms with Gasteiger partial charge in [0.05, 0.1) is 11.7 Å². The third-order valence-corrected chi connectivity index (χ3v) is 2.28. The summed E-state index contributed by atoms with van der Waals surface area (Å²) in [6.45, 7) is 3.00. The van der Waals surface area contributed by atoms with E-state index in [1.54, 1.807) is 6.20 Å². The smallest absolute Gasteiger partial charge is 0.150 e. The fraction of sp³-hybridized carbons (Fsp3) is 0.273. The predicted molar refractivity (Wildman–Crippen MR) is 55.4 cm³/mol. The van der Waals surface area contributed by atoms with E-state index in [1.807, 2.05) is 22.9 Å². The van der Waals surface area contributed by atoms with Crippen molar-refractivity contribution in [2.24, 2.45) is 0 Å². The monoisotopic (exact) mass is 188 g/mol. The number of nitrogens with zero attached hydrogens (tertiary/aromatic N) is 2. The molecule has 14 heavy (non-hydrogen) atoms. The van der Waals surface area contributed by atoms with E-state index in [9.17, 15) is 4.79 Å². The summed E-state index contributed by atoms with van der Waals surface area (Å²) in [6.07, 6.45) is 3.68. The van der Waals surface area contributed by atoms with Crippen molar-refractivity contribution in [1.82, 2.24) is 9.78 Å². The molecule has 0 aliphatic carbocycles. The molecule has 0 saturated carbocycles. The molecule has 0 spiro atoms. The minimum atomic E-state index is 0.713. The molecule has 1 aromatic carbocycles. The molecule has 3 nitrogen and oxygen atoms in total. The Bertz CT molecular complexity index is 459. The number of hydrogen-bond acceptors (Lipinski definition) is 2. The zero-order chi connectivity index (χ0) is 9.97. The minimum absolute atomic E-state index is 0.713. The molecule has 0 aliphatic heterocycles. The Morgan fingerprint density at radius 3 is 3.07 bits per heavy atom. The van der Waals surface area contributed by atoms with E-state index in [0.717, 1.165) is 30.2 Å². The maximum Gasteiger partial charge on any atom is 0.150 e. The number of fused-ring (bicyclic) bond motifs is 1. The Labute approximate surface area is 82.3 Å². The Morgan fingerprint density at radius 2 is 2.36 bits per heavy atom. The lowest BCUT2D eigenvalue weighted by Crippen LogP contribution is -1.97. The van der Waals surface area contributed by atoms with Crippen molar-refractivity contribution in [3.8, 4) is 0 Å². The standard InChI is InChI=1S/C11H12N2O/c1-2-6-13-11-5-3-4-9(8-14)10(11)7-12-13/h3-5,7-8H,2,6H2,1H3. The van der Waals surface area contributed by atoms with Crippen molar-refractivity contribution in [3.63, 3.8) is 0 Å². The van der Waals surface area contributed by atoms with Crippen molar-refractivity contribution < 1.29 is 4.79 Å². The van der Waals surface area contributed by atoms with E-state index in [0.29, 0.717) is 5.56 Å². The van der Waals surface area contributed by atoms with Crippen molar-refractivity contribution in [3.05, 3.63) is 30.0 Å². The summed E-state index contributed by atoms with van der Waals surface area (Å²) in [5, 5.41) is 5.19. The summed E-state index contributed by atoms with van der Waals surface area (Å²) < 4.78 is 1.93. The van der Waals surface area contributed by atoms with Gasteiger partial charge < -0.3 is 0 Å². The normalized spacial score (nSPS) is 10.6. The highest BCUT2D eigenvalue weighted by atomic mass is 16.1. The molecular weight excluding hydrogens is 176 g/mol. The second-order valence-electron chi connectivity index (χ2n) is 3.27. The molecule has 2 aromatic rings. The third-order valence-electron chi connectivity index (χ3n) is 2.28. The number of rotatable bonds is 3. The number of benzene rings is 1. The zero-order valence-electron chi connectivity index (χ0n) is 8.10. The Kier molecular flexibility index (Phi) is 2.31. The van der Waals surface area contributed by atoms with Gasteiger partial charge in [0, 0.05) is 17.5 Å². The first-order valence-electron chi connectivity index (χ1n) is 4.76. The number of aldehydes is 1. The highest BCUT2D eigenvalue weighted by Gasteiger charge is 2.04. The molecule has 0 radical (unpaired) electrons. The molecule has 0 unspecified atom stereocenters. The van der Waals surface area contributed by atoms with Gasteiger partial charge >= 0.3 is 0 Å². The molecule has 1 aromatic heterocycles. The molecule has 0 amide bonds. The lowest BCUT2D eigenvalue weighted by atomic mass is 10.1. The first-order chi connectivity index (χ1) is 6.86. The molecule has 0 fully saturated rings. The Hall–Kier alpha value is -1.64. The molecule has 0 saturated heterocycles. The van der Waals surface area contributed by atoms with Gasteiger partial charge in [-0.2, -0.15) is 5.10 Å². The molecule has 0 aliphatic rings. The van der Waals surface area contributed by atoms with Crippen molar-refractivity contribution in [1.29, 1.82) is 0 Å². The lowest BCUT2D eigenvalue weighted by molar-refractivity contribution is 0.112. The maximum atomic E-state index is 10.8. The topological polar surface area (TPSA) is 34.9 Å². The van der Waals surface area contributed by atoms with E-state index >= 15 is 0 Å². The molecule has 0 bridgehead atoms. The Morgan fingerprint density at radius 1 is 1.50 bits per heavy atom. The molecule has 3 heteroatoms. The van der Waals surface area contributed by atoms with Crippen LogP contribution in [0.3, 0.4) is 0 Å². The van der Waals surface area contributed by atoms with Crippen LogP contribution in [-0.4, -0.2) is 16.1 Å². The van der Waals surface area contributed by atoms with E-state index < -0.39 is 0 Å². The molecule has 0 atom stereocenters. The van der Waals surface area contributed by atoms with Crippen LogP contribution in [0.5, 0.6) is 0 Å². The number of aryl methyl sites for hydroxylation is 1. The second kappa shape index (κ2) is 3.62. The summed E-state index contributed by atoms with van der Waals surface area (Å²) in [5.41, 5.74) is 1.75. The number of carbonyl (C=O) groups is 1. The van der Waals surface area contributed by atoms with Gasteiger partial charge in [-0.3, -0.25) is 9.48 Å². The number of carbonyl (C=O) groups excluding carboxylic acids is 1. The van der Waals surface area contributed by atoms with Gasteiger partial charge in [-0.1, -0.05) is 19.1 Å². The van der Waals surface area contributed by atoms with Crippen LogP contribution in [0, 0.1) is 0 Å². The van der Waals surface area contributed by atoms with Crippen molar-refractivity contribution in [2.75, 3.05) is 0 Å². The second-order valence-corrected chi connectivity index (χ2v) is 3.27. The van der Waals surface area contributed by atoms with Gasteiger partial charge in [0.25, 0.3) is 0 Å². The van der Waals surface area contributed by atoms with Crippen LogP contribution < -0.4 is 0 Å². The molecule has 72 valence electrons. The molecule has 0 N–H and O–H groups in total. The summed E-state index contributed by atoms with van der Waals surface area (Å²) in [4.78, 5) is 10.8. The van der Waals surface area contributed by atoms with Crippen molar-refractivity contribution in [2.45, 2.75) is 19.9 Å². The van der Waals surface area contributed by atoms with Crippen LogP contribution in [0.1, 0.15) is 23.7 Å². The minimum Gasteiger partial charge on any atom is -0.298 e. The lowest BCUT2D eigenvalue weighted by Gasteiger charge is -2.00. The molecular formula is C11H12N2O. The number of aromatic nitrogens is 2. The van der Waals surface area contributed by atoms with Crippen LogP contribution in [0.2, 0.25) is 0 Å². The average molecular weight is 188 g/mol. The maximum absolute atomic E-state index is 10.8. The average Bonchev–Trinajstić information content (AvgIpc) is 2.62. The van der Waals surface area contributed by atoms with E-state index in [2.05, 4.69) is 12.0 Å². The highest BCUT2D eigenvalue weighted by molar-refractivity contribution is 5.96. The summed E-state index contributed by atoms with van der Waals surface area (Å²) >= 11 is 0. The van der Waals surface area contributed by atoms with Gasteiger partial charge in [-0.25, -0.2) is 0 Å². The van der Waals surface area contributed by atoms with Gasteiger partial charge in [0.1, 0.15) is 0 Å². The number of hydrogen-bond donors (Lipinski definition) is 0. The van der Waals surface area contributed by atoms with Crippen LogP contribution in [-0.2, 0) is 6.54 Å². The van der Waals surface area contributed by atoms with Gasteiger partial charge in [0.15, 0.2) is 6.29 Å². The molecule has 2 rings (SSSR count). The van der Waals surface area contributed by atoms with E-state index in [4.69, 9.17) is 0 Å². The van der Waals surface area contributed by atoms with Crippen LogP contribution >= 0.6 is 0 Å². The van der Waals surface area contributed by atoms with Crippen LogP contribution in [0.15, 0.2) is 24.4 Å². The summed E-state index contributed by atoms with van der Waals surface area (Å²) in [6, 6.07) is 5.69. The third kappa shape index (κ3) is 1.31. The van der Waals surface area contributed by atoms with E-state index in [-0.39, 0.29) is 0 Å². The van der Waals surface area contributed by atoms with Crippen molar-refractivity contribution >= 4 is 17.2 Å². The first kappa shape index (κ1) is 8.94. The SMILES string of the molecule is CCCn1ncc2c(C=O)cccc21. The van der Waals surface area contributed by atoms with E-state index in [1.165, 1.54) is 0 Å². The molecule has 1 heterocycles. The summed E-state index contributed by atoms with van der Waals surface area (Å²) in [5.74, 6) is 0. The fourth-order valence-corrected chi connectivity index (χ4v) is 1.62. The fourth-order valence-electron chi connectivity index (χ4n) is 1.62. The quantitative estimate of drug-likeness (QED) is 0.692. The highest BCUT2D eigenvalue weighted by Crippen LogP contribution is 2.17. The largest absolute Gasteiger partial charge is 0.298 e. The first-order valence-corrected chi connectivity index (χ1v) is 4.76. The van der Waals surface area contributed by atoms with Crippen LogP contribution in [0.25, 0.3) is 10.9 Å². The zero-order valence-corrected chi connectivity index (χ0v) is 8.10. The summed E-state index contributed by atoms with van der Waals surface area (Å²) in [7, 11) is 0. The van der Waals surface area contributed by atoms with Gasteiger partial charge in [-0.15, -0.1) is 0 Å².